The Kier molecular flexibility index (Phi) is 4.43. The summed E-state index contributed by atoms with van der Waals surface area (Å²) in [5.74, 6) is -0.107. The number of benzene rings is 1. The molecule has 0 fully saturated rings. The molecular formula is C11H12Cl2O. The van der Waals surface area contributed by atoms with Gasteiger partial charge in [-0.15, -0.1) is 0 Å². The lowest BCUT2D eigenvalue weighted by Gasteiger charge is -2.11. The minimum atomic E-state index is -0.107. The number of halogens is 2. The van der Waals surface area contributed by atoms with Crippen LogP contribution in [-0.2, 0) is 4.79 Å². The molecule has 3 heteroatoms. The van der Waals surface area contributed by atoms with Crippen LogP contribution in [0.1, 0.15) is 31.2 Å². The van der Waals surface area contributed by atoms with E-state index in [9.17, 15) is 4.79 Å². The van der Waals surface area contributed by atoms with Crippen LogP contribution in [0.2, 0.25) is 10.0 Å². The lowest BCUT2D eigenvalue weighted by molar-refractivity contribution is -0.109. The zero-order valence-corrected chi connectivity index (χ0v) is 9.48. The Morgan fingerprint density at radius 3 is 2.64 bits per heavy atom. The smallest absolute Gasteiger partial charge is 0.127 e. The van der Waals surface area contributed by atoms with Crippen molar-refractivity contribution in [3.05, 3.63) is 33.8 Å². The predicted molar refractivity (Wildman–Crippen MR) is 60.2 cm³/mol. The maximum atomic E-state index is 10.8. The summed E-state index contributed by atoms with van der Waals surface area (Å²) in [6, 6.07) is 5.25. The van der Waals surface area contributed by atoms with E-state index < -0.39 is 0 Å². The molecule has 0 radical (unpaired) electrons. The lowest BCUT2D eigenvalue weighted by atomic mass is 9.96. The third-order valence-corrected chi connectivity index (χ3v) is 2.69. The summed E-state index contributed by atoms with van der Waals surface area (Å²) in [7, 11) is 0. The second-order valence-electron chi connectivity index (χ2n) is 3.20. The quantitative estimate of drug-likeness (QED) is 0.713. The minimum absolute atomic E-state index is 0.107. The number of carbonyl (C=O) groups is 1. The van der Waals surface area contributed by atoms with Crippen molar-refractivity contribution >= 4 is 29.5 Å². The summed E-state index contributed by atoms with van der Waals surface area (Å²) in [4.78, 5) is 10.8. The third-order valence-electron chi connectivity index (χ3n) is 2.13. The monoisotopic (exact) mass is 230 g/mol. The van der Waals surface area contributed by atoms with E-state index in [0.29, 0.717) is 10.0 Å². The van der Waals surface area contributed by atoms with Crippen LogP contribution in [0.3, 0.4) is 0 Å². The van der Waals surface area contributed by atoms with E-state index in [1.54, 1.807) is 12.1 Å². The van der Waals surface area contributed by atoms with Crippen LogP contribution in [0, 0.1) is 0 Å². The molecule has 0 heterocycles. The van der Waals surface area contributed by atoms with E-state index >= 15 is 0 Å². The highest BCUT2D eigenvalue weighted by molar-refractivity contribution is 6.35. The highest BCUT2D eigenvalue weighted by Gasteiger charge is 2.12. The van der Waals surface area contributed by atoms with Gasteiger partial charge in [0.1, 0.15) is 6.29 Å². The average molecular weight is 231 g/mol. The summed E-state index contributed by atoms with van der Waals surface area (Å²) in [5.41, 5.74) is 0.868. The molecular weight excluding hydrogens is 219 g/mol. The number of carbonyl (C=O) groups excluding carboxylic acids is 1. The summed E-state index contributed by atoms with van der Waals surface area (Å²) >= 11 is 11.8. The number of rotatable bonds is 4. The second-order valence-corrected chi connectivity index (χ2v) is 4.04. The average Bonchev–Trinajstić information content (AvgIpc) is 2.15. The third kappa shape index (κ3) is 2.73. The van der Waals surface area contributed by atoms with Gasteiger partial charge >= 0.3 is 0 Å². The maximum Gasteiger partial charge on any atom is 0.127 e. The van der Waals surface area contributed by atoms with Gasteiger partial charge in [-0.2, -0.15) is 0 Å². The minimum Gasteiger partial charge on any atom is -0.303 e. The Hall–Kier alpha value is -0.530. The topological polar surface area (TPSA) is 17.1 Å². The van der Waals surface area contributed by atoms with Crippen LogP contribution >= 0.6 is 23.2 Å². The van der Waals surface area contributed by atoms with E-state index in [2.05, 4.69) is 0 Å². The van der Waals surface area contributed by atoms with Crippen LogP contribution in [-0.4, -0.2) is 6.29 Å². The molecule has 0 aliphatic carbocycles. The van der Waals surface area contributed by atoms with Crippen LogP contribution in [0.25, 0.3) is 0 Å². The van der Waals surface area contributed by atoms with Gasteiger partial charge in [-0.1, -0.05) is 42.6 Å². The molecule has 14 heavy (non-hydrogen) atoms. The van der Waals surface area contributed by atoms with Crippen molar-refractivity contribution in [1.29, 1.82) is 0 Å². The molecule has 0 spiro atoms. The first kappa shape index (κ1) is 11.5. The van der Waals surface area contributed by atoms with Gasteiger partial charge in [-0.3, -0.25) is 0 Å². The molecule has 0 aromatic heterocycles. The molecule has 1 aromatic carbocycles. The van der Waals surface area contributed by atoms with Gasteiger partial charge in [-0.25, -0.2) is 0 Å². The lowest BCUT2D eigenvalue weighted by Crippen LogP contribution is -2.00. The van der Waals surface area contributed by atoms with Gasteiger partial charge in [0.25, 0.3) is 0 Å². The SMILES string of the molecule is CCCC(C=O)c1ccc(Cl)cc1Cl. The zero-order chi connectivity index (χ0) is 10.6. The van der Waals surface area contributed by atoms with Crippen LogP contribution in [0.15, 0.2) is 18.2 Å². The fourth-order valence-corrected chi connectivity index (χ4v) is 1.96. The van der Waals surface area contributed by atoms with E-state index in [-0.39, 0.29) is 5.92 Å². The number of aldehydes is 1. The van der Waals surface area contributed by atoms with Crippen molar-refractivity contribution in [3.8, 4) is 0 Å². The standard InChI is InChI=1S/C11H12Cl2O/c1-2-3-8(7-14)10-5-4-9(12)6-11(10)13/h4-8H,2-3H2,1H3. The predicted octanol–water partition coefficient (Wildman–Crippen LogP) is 4.08. The Balaban J connectivity index is 2.98. The van der Waals surface area contributed by atoms with Crippen molar-refractivity contribution in [2.24, 2.45) is 0 Å². The maximum absolute atomic E-state index is 10.8. The van der Waals surface area contributed by atoms with Crippen molar-refractivity contribution in [2.45, 2.75) is 25.7 Å². The molecule has 76 valence electrons. The molecule has 0 N–H and O–H groups in total. The molecule has 1 atom stereocenters. The molecule has 0 amide bonds. The van der Waals surface area contributed by atoms with Gasteiger partial charge < -0.3 is 4.79 Å². The van der Waals surface area contributed by atoms with Gasteiger partial charge in [0.2, 0.25) is 0 Å². The Labute approximate surface area is 94.0 Å². The van der Waals surface area contributed by atoms with E-state index in [1.807, 2.05) is 13.0 Å². The zero-order valence-electron chi connectivity index (χ0n) is 7.97. The molecule has 1 rings (SSSR count). The first-order valence-electron chi connectivity index (χ1n) is 4.59. The van der Waals surface area contributed by atoms with Crippen molar-refractivity contribution in [2.75, 3.05) is 0 Å². The van der Waals surface area contributed by atoms with Crippen LogP contribution in [0.4, 0.5) is 0 Å². The molecule has 1 nitrogen and oxygen atoms in total. The van der Waals surface area contributed by atoms with Gasteiger partial charge in [-0.05, 0) is 24.1 Å². The molecule has 0 bridgehead atoms. The highest BCUT2D eigenvalue weighted by Crippen LogP contribution is 2.28. The second kappa shape index (κ2) is 5.38. The highest BCUT2D eigenvalue weighted by atomic mass is 35.5. The molecule has 1 aromatic rings. The normalized spacial score (nSPS) is 12.5. The van der Waals surface area contributed by atoms with E-state index in [1.165, 1.54) is 0 Å². The summed E-state index contributed by atoms with van der Waals surface area (Å²) in [6.07, 6.45) is 2.73. The summed E-state index contributed by atoms with van der Waals surface area (Å²) in [6.45, 7) is 2.04. The Bertz CT molecular complexity index is 323. The Morgan fingerprint density at radius 2 is 2.14 bits per heavy atom. The van der Waals surface area contributed by atoms with Gasteiger partial charge in [0.05, 0.1) is 0 Å². The first-order chi connectivity index (χ1) is 6.69. The number of hydrogen-bond acceptors (Lipinski definition) is 1. The summed E-state index contributed by atoms with van der Waals surface area (Å²) < 4.78 is 0. The molecule has 0 saturated heterocycles. The molecule has 0 aliphatic heterocycles. The molecule has 1 unspecified atom stereocenters. The first-order valence-corrected chi connectivity index (χ1v) is 5.34. The van der Waals surface area contributed by atoms with Crippen molar-refractivity contribution in [3.63, 3.8) is 0 Å². The Morgan fingerprint density at radius 1 is 1.43 bits per heavy atom. The number of hydrogen-bond donors (Lipinski definition) is 0. The van der Waals surface area contributed by atoms with E-state index in [4.69, 9.17) is 23.2 Å². The van der Waals surface area contributed by atoms with E-state index in [0.717, 1.165) is 24.7 Å². The fourth-order valence-electron chi connectivity index (χ4n) is 1.41. The van der Waals surface area contributed by atoms with Crippen LogP contribution < -0.4 is 0 Å². The summed E-state index contributed by atoms with van der Waals surface area (Å²) in [5, 5.41) is 1.17. The van der Waals surface area contributed by atoms with Crippen molar-refractivity contribution < 1.29 is 4.79 Å². The largest absolute Gasteiger partial charge is 0.303 e. The van der Waals surface area contributed by atoms with Gasteiger partial charge in [0.15, 0.2) is 0 Å². The fraction of sp³-hybridized carbons (Fsp3) is 0.364. The van der Waals surface area contributed by atoms with Crippen LogP contribution in [0.5, 0.6) is 0 Å². The molecule has 0 aliphatic rings. The molecule has 0 saturated carbocycles. The van der Waals surface area contributed by atoms with Gasteiger partial charge in [0, 0.05) is 16.0 Å². The van der Waals surface area contributed by atoms with Crippen molar-refractivity contribution in [1.82, 2.24) is 0 Å².